The highest BCUT2D eigenvalue weighted by Crippen LogP contribution is 2.38. The molecule has 2 aliphatic rings. The van der Waals surface area contributed by atoms with Gasteiger partial charge in [0.2, 0.25) is 10.0 Å². The van der Waals surface area contributed by atoms with E-state index < -0.39 is 15.8 Å². The van der Waals surface area contributed by atoms with Crippen LogP contribution >= 0.6 is 15.9 Å². The molecule has 0 amide bonds. The van der Waals surface area contributed by atoms with Crippen LogP contribution in [0.15, 0.2) is 27.6 Å². The third-order valence-electron chi connectivity index (χ3n) is 4.59. The number of halogens is 2. The second-order valence-corrected chi connectivity index (χ2v) is 8.45. The Labute approximate surface area is 132 Å². The predicted molar refractivity (Wildman–Crippen MR) is 81.9 cm³/mol. The van der Waals surface area contributed by atoms with Crippen molar-refractivity contribution in [2.45, 2.75) is 24.3 Å². The molecule has 1 N–H and O–H groups in total. The average molecular weight is 377 g/mol. The maximum absolute atomic E-state index is 13.7. The van der Waals surface area contributed by atoms with Crippen molar-refractivity contribution in [2.75, 3.05) is 19.6 Å². The van der Waals surface area contributed by atoms with E-state index in [9.17, 15) is 12.8 Å². The topological polar surface area (TPSA) is 49.4 Å². The highest BCUT2D eigenvalue weighted by Gasteiger charge is 2.48. The van der Waals surface area contributed by atoms with Crippen LogP contribution in [0.3, 0.4) is 0 Å². The van der Waals surface area contributed by atoms with Crippen molar-refractivity contribution in [2.24, 2.45) is 11.8 Å². The van der Waals surface area contributed by atoms with Gasteiger partial charge >= 0.3 is 0 Å². The Morgan fingerprint density at radius 1 is 1.43 bits per heavy atom. The Balaban J connectivity index is 1.96. The fourth-order valence-electron chi connectivity index (χ4n) is 3.54. The van der Waals surface area contributed by atoms with Crippen LogP contribution in [0.1, 0.15) is 13.3 Å². The van der Waals surface area contributed by atoms with Crippen LogP contribution < -0.4 is 5.32 Å². The quantitative estimate of drug-likeness (QED) is 0.879. The van der Waals surface area contributed by atoms with Gasteiger partial charge in [0.15, 0.2) is 0 Å². The van der Waals surface area contributed by atoms with Gasteiger partial charge in [-0.1, -0.05) is 6.92 Å². The normalized spacial score (nSPS) is 29.8. The predicted octanol–water partition coefficient (Wildman–Crippen LogP) is 2.21. The third kappa shape index (κ3) is 2.54. The van der Waals surface area contributed by atoms with E-state index in [0.29, 0.717) is 18.4 Å². The number of sulfonamides is 1. The van der Waals surface area contributed by atoms with Gasteiger partial charge in [0.25, 0.3) is 0 Å². The summed E-state index contributed by atoms with van der Waals surface area (Å²) in [6.45, 7) is 4.26. The molecule has 21 heavy (non-hydrogen) atoms. The molecule has 0 aliphatic carbocycles. The molecule has 2 heterocycles. The van der Waals surface area contributed by atoms with Crippen molar-refractivity contribution in [3.8, 4) is 0 Å². The summed E-state index contributed by atoms with van der Waals surface area (Å²) in [6.07, 6.45) is 0.779. The molecule has 2 saturated heterocycles. The van der Waals surface area contributed by atoms with E-state index in [0.717, 1.165) is 25.6 Å². The van der Waals surface area contributed by atoms with Gasteiger partial charge < -0.3 is 5.32 Å². The van der Waals surface area contributed by atoms with Crippen LogP contribution in [0.25, 0.3) is 0 Å². The van der Waals surface area contributed by atoms with Crippen LogP contribution in [-0.4, -0.2) is 38.4 Å². The first kappa shape index (κ1) is 15.4. The van der Waals surface area contributed by atoms with E-state index in [1.807, 2.05) is 6.92 Å². The molecule has 7 heteroatoms. The summed E-state index contributed by atoms with van der Waals surface area (Å²) in [7, 11) is -3.64. The molecule has 0 aromatic heterocycles. The molecule has 3 unspecified atom stereocenters. The largest absolute Gasteiger partial charge is 0.316 e. The molecule has 0 spiro atoms. The molecule has 0 radical (unpaired) electrons. The molecule has 3 rings (SSSR count). The standard InChI is InChI=1S/C14H18BrFN2O2S/c1-2-14-11-7-17-6-9(11)8-18(14)21(19,20)10-3-4-12(15)13(16)5-10/h3-5,9,11,14,17H,2,6-8H2,1H3. The van der Waals surface area contributed by atoms with Gasteiger partial charge in [-0.2, -0.15) is 4.31 Å². The van der Waals surface area contributed by atoms with E-state index in [4.69, 9.17) is 0 Å². The van der Waals surface area contributed by atoms with E-state index in [1.54, 1.807) is 4.31 Å². The molecule has 116 valence electrons. The first-order valence-electron chi connectivity index (χ1n) is 7.12. The Hall–Kier alpha value is -0.500. The molecule has 1 aromatic rings. The van der Waals surface area contributed by atoms with Crippen LogP contribution in [0.5, 0.6) is 0 Å². The molecular formula is C14H18BrFN2O2S. The van der Waals surface area contributed by atoms with Gasteiger partial charge in [-0.3, -0.25) is 0 Å². The molecule has 4 nitrogen and oxygen atoms in total. The summed E-state index contributed by atoms with van der Waals surface area (Å²) in [5.74, 6) is 0.181. The second-order valence-electron chi connectivity index (χ2n) is 5.71. The van der Waals surface area contributed by atoms with E-state index >= 15 is 0 Å². The van der Waals surface area contributed by atoms with Gasteiger partial charge in [-0.25, -0.2) is 12.8 Å². The number of hydrogen-bond acceptors (Lipinski definition) is 3. The minimum atomic E-state index is -3.64. The number of fused-ring (bicyclic) bond motifs is 1. The van der Waals surface area contributed by atoms with Crippen LogP contribution in [0.4, 0.5) is 4.39 Å². The van der Waals surface area contributed by atoms with Crippen molar-refractivity contribution in [3.63, 3.8) is 0 Å². The number of nitrogens with zero attached hydrogens (tertiary/aromatic N) is 1. The summed E-state index contributed by atoms with van der Waals surface area (Å²) >= 11 is 3.05. The summed E-state index contributed by atoms with van der Waals surface area (Å²) in [5.41, 5.74) is 0. The van der Waals surface area contributed by atoms with Crippen LogP contribution in [-0.2, 0) is 10.0 Å². The van der Waals surface area contributed by atoms with Crippen molar-refractivity contribution < 1.29 is 12.8 Å². The Kier molecular flexibility index (Phi) is 4.11. The highest BCUT2D eigenvalue weighted by atomic mass is 79.9. The minimum Gasteiger partial charge on any atom is -0.316 e. The summed E-state index contributed by atoms with van der Waals surface area (Å²) in [4.78, 5) is 0.0367. The SMILES string of the molecule is CCC1C2CNCC2CN1S(=O)(=O)c1ccc(Br)c(F)c1. The molecule has 0 bridgehead atoms. The summed E-state index contributed by atoms with van der Waals surface area (Å²) in [6, 6.07) is 4.00. The number of benzene rings is 1. The molecule has 2 aliphatic heterocycles. The van der Waals surface area contributed by atoms with Gasteiger partial charge in [0.1, 0.15) is 5.82 Å². The zero-order valence-electron chi connectivity index (χ0n) is 11.7. The molecule has 0 saturated carbocycles. The van der Waals surface area contributed by atoms with E-state index in [-0.39, 0.29) is 15.4 Å². The molecular weight excluding hydrogens is 359 g/mol. The lowest BCUT2D eigenvalue weighted by atomic mass is 9.93. The Morgan fingerprint density at radius 2 is 2.19 bits per heavy atom. The average Bonchev–Trinajstić information content (AvgIpc) is 3.01. The number of rotatable bonds is 3. The van der Waals surface area contributed by atoms with Gasteiger partial charge in [0, 0.05) is 12.6 Å². The summed E-state index contributed by atoms with van der Waals surface area (Å²) < 4.78 is 41.2. The first-order valence-corrected chi connectivity index (χ1v) is 9.36. The first-order chi connectivity index (χ1) is 9.95. The Morgan fingerprint density at radius 3 is 2.86 bits per heavy atom. The highest BCUT2D eigenvalue weighted by molar-refractivity contribution is 9.10. The molecule has 1 aromatic carbocycles. The second kappa shape index (κ2) is 5.61. The fourth-order valence-corrected chi connectivity index (χ4v) is 5.60. The maximum atomic E-state index is 13.7. The molecule has 2 fully saturated rings. The smallest absolute Gasteiger partial charge is 0.243 e. The third-order valence-corrected chi connectivity index (χ3v) is 7.12. The fraction of sp³-hybridized carbons (Fsp3) is 0.571. The van der Waals surface area contributed by atoms with Crippen molar-refractivity contribution >= 4 is 26.0 Å². The maximum Gasteiger partial charge on any atom is 0.243 e. The lowest BCUT2D eigenvalue weighted by molar-refractivity contribution is 0.329. The summed E-state index contributed by atoms with van der Waals surface area (Å²) in [5, 5.41) is 3.33. The zero-order valence-corrected chi connectivity index (χ0v) is 14.1. The zero-order chi connectivity index (χ0) is 15.2. The molecule has 3 atom stereocenters. The monoisotopic (exact) mass is 376 g/mol. The van der Waals surface area contributed by atoms with Crippen molar-refractivity contribution in [1.82, 2.24) is 9.62 Å². The number of nitrogens with one attached hydrogen (secondary N) is 1. The van der Waals surface area contributed by atoms with Gasteiger partial charge in [-0.15, -0.1) is 0 Å². The van der Waals surface area contributed by atoms with Crippen LogP contribution in [0.2, 0.25) is 0 Å². The van der Waals surface area contributed by atoms with Crippen molar-refractivity contribution in [3.05, 3.63) is 28.5 Å². The van der Waals surface area contributed by atoms with Crippen molar-refractivity contribution in [1.29, 1.82) is 0 Å². The lowest BCUT2D eigenvalue weighted by Gasteiger charge is -2.26. The van der Waals surface area contributed by atoms with Gasteiger partial charge in [0.05, 0.1) is 9.37 Å². The van der Waals surface area contributed by atoms with Gasteiger partial charge in [-0.05, 0) is 65.5 Å². The minimum absolute atomic E-state index is 0.00158. The lowest BCUT2D eigenvalue weighted by Crippen LogP contribution is -2.39. The van der Waals surface area contributed by atoms with E-state index in [2.05, 4.69) is 21.2 Å². The Bertz CT molecular complexity index is 652. The van der Waals surface area contributed by atoms with Crippen LogP contribution in [0, 0.1) is 17.7 Å². The number of hydrogen-bond donors (Lipinski definition) is 1. The van der Waals surface area contributed by atoms with E-state index in [1.165, 1.54) is 12.1 Å².